The van der Waals surface area contributed by atoms with Gasteiger partial charge in [-0.1, -0.05) is 25.1 Å². The zero-order valence-electron chi connectivity index (χ0n) is 16.4. The SMILES string of the molecule is CCN=C(NC(CC)CS(=O)(=O)c1ccccc1)NC(C)c1ccc(C)o1. The number of nitrogens with zero attached hydrogens (tertiary/aromatic N) is 1. The highest BCUT2D eigenvalue weighted by atomic mass is 32.2. The molecule has 2 aromatic rings. The van der Waals surface area contributed by atoms with Crippen LogP contribution in [0.3, 0.4) is 0 Å². The topological polar surface area (TPSA) is 83.7 Å². The van der Waals surface area contributed by atoms with Crippen molar-refractivity contribution in [3.63, 3.8) is 0 Å². The van der Waals surface area contributed by atoms with Crippen molar-refractivity contribution in [3.8, 4) is 0 Å². The van der Waals surface area contributed by atoms with Crippen molar-refractivity contribution in [2.24, 2.45) is 4.99 Å². The number of aryl methyl sites for hydroxylation is 1. The first-order valence-electron chi connectivity index (χ1n) is 9.27. The second-order valence-corrected chi connectivity index (χ2v) is 8.52. The number of nitrogens with one attached hydrogen (secondary N) is 2. The minimum Gasteiger partial charge on any atom is -0.464 e. The molecule has 6 nitrogen and oxygen atoms in total. The molecule has 0 aliphatic rings. The lowest BCUT2D eigenvalue weighted by molar-refractivity contribution is 0.439. The fourth-order valence-electron chi connectivity index (χ4n) is 2.70. The van der Waals surface area contributed by atoms with Gasteiger partial charge in [0.15, 0.2) is 15.8 Å². The fraction of sp³-hybridized carbons (Fsp3) is 0.450. The van der Waals surface area contributed by atoms with Crippen LogP contribution in [0.4, 0.5) is 0 Å². The van der Waals surface area contributed by atoms with Gasteiger partial charge in [0.05, 0.1) is 16.7 Å². The fourth-order valence-corrected chi connectivity index (χ4v) is 4.31. The van der Waals surface area contributed by atoms with E-state index < -0.39 is 9.84 Å². The Balaban J connectivity index is 2.08. The summed E-state index contributed by atoms with van der Waals surface area (Å²) < 4.78 is 31.0. The third-order valence-electron chi connectivity index (χ3n) is 4.21. The molecule has 0 aliphatic heterocycles. The van der Waals surface area contributed by atoms with Gasteiger partial charge in [-0.05, 0) is 51.5 Å². The van der Waals surface area contributed by atoms with Crippen molar-refractivity contribution in [3.05, 3.63) is 54.0 Å². The van der Waals surface area contributed by atoms with Crippen molar-refractivity contribution in [2.45, 2.75) is 51.1 Å². The molecule has 148 valence electrons. The average Bonchev–Trinajstić information content (AvgIpc) is 3.08. The normalized spacial score (nSPS) is 14.6. The number of sulfone groups is 1. The maximum Gasteiger partial charge on any atom is 0.192 e. The monoisotopic (exact) mass is 391 g/mol. The van der Waals surface area contributed by atoms with E-state index in [-0.39, 0.29) is 17.8 Å². The molecule has 7 heteroatoms. The molecular weight excluding hydrogens is 362 g/mol. The summed E-state index contributed by atoms with van der Waals surface area (Å²) in [7, 11) is -3.37. The van der Waals surface area contributed by atoms with Crippen LogP contribution >= 0.6 is 0 Å². The molecule has 0 bridgehead atoms. The Hall–Kier alpha value is -2.28. The highest BCUT2D eigenvalue weighted by Crippen LogP contribution is 2.16. The van der Waals surface area contributed by atoms with Gasteiger partial charge in [0, 0.05) is 12.6 Å². The zero-order valence-corrected chi connectivity index (χ0v) is 17.2. The number of rotatable bonds is 8. The van der Waals surface area contributed by atoms with Crippen LogP contribution in [0.25, 0.3) is 0 Å². The van der Waals surface area contributed by atoms with Gasteiger partial charge in [-0.2, -0.15) is 0 Å². The van der Waals surface area contributed by atoms with Crippen LogP contribution in [0.1, 0.15) is 44.8 Å². The lowest BCUT2D eigenvalue weighted by Crippen LogP contribution is -2.46. The standard InChI is InChI=1S/C20H29N3O3S/c1-5-17(14-27(24,25)18-10-8-7-9-11-18)23-20(21-6-2)22-16(4)19-13-12-15(3)26-19/h7-13,16-17H,5-6,14H2,1-4H3,(H2,21,22,23). The Kier molecular flexibility index (Phi) is 7.47. The van der Waals surface area contributed by atoms with Crippen LogP contribution in [0.5, 0.6) is 0 Å². The van der Waals surface area contributed by atoms with E-state index in [1.54, 1.807) is 24.3 Å². The molecule has 2 atom stereocenters. The molecule has 0 radical (unpaired) electrons. The van der Waals surface area contributed by atoms with E-state index in [0.717, 1.165) is 11.5 Å². The minimum absolute atomic E-state index is 0.00612. The minimum atomic E-state index is -3.37. The Bertz CT molecular complexity index is 844. The largest absolute Gasteiger partial charge is 0.464 e. The summed E-state index contributed by atoms with van der Waals surface area (Å²) in [6.07, 6.45) is 0.657. The van der Waals surface area contributed by atoms with Crippen LogP contribution in [0.2, 0.25) is 0 Å². The first-order chi connectivity index (χ1) is 12.9. The number of aliphatic imine (C=N–C) groups is 1. The lowest BCUT2D eigenvalue weighted by Gasteiger charge is -2.22. The number of guanidine groups is 1. The Morgan fingerprint density at radius 3 is 2.37 bits per heavy atom. The summed E-state index contributed by atoms with van der Waals surface area (Å²) in [6, 6.07) is 12.0. The molecule has 1 aromatic carbocycles. The van der Waals surface area contributed by atoms with E-state index in [0.29, 0.717) is 23.8 Å². The van der Waals surface area contributed by atoms with Crippen molar-refractivity contribution in [1.82, 2.24) is 10.6 Å². The number of hydrogen-bond acceptors (Lipinski definition) is 4. The van der Waals surface area contributed by atoms with Crippen LogP contribution in [0, 0.1) is 6.92 Å². The Morgan fingerprint density at radius 2 is 1.81 bits per heavy atom. The van der Waals surface area contributed by atoms with Crippen LogP contribution < -0.4 is 10.6 Å². The summed E-state index contributed by atoms with van der Waals surface area (Å²) >= 11 is 0. The predicted octanol–water partition coefficient (Wildman–Crippen LogP) is 3.46. The van der Waals surface area contributed by atoms with E-state index in [9.17, 15) is 8.42 Å². The van der Waals surface area contributed by atoms with Crippen molar-refractivity contribution < 1.29 is 12.8 Å². The highest BCUT2D eigenvalue weighted by molar-refractivity contribution is 7.91. The molecule has 0 aliphatic carbocycles. The molecule has 1 aromatic heterocycles. The summed E-state index contributed by atoms with van der Waals surface area (Å²) in [4.78, 5) is 4.78. The van der Waals surface area contributed by atoms with Crippen LogP contribution in [-0.4, -0.2) is 32.7 Å². The average molecular weight is 392 g/mol. The van der Waals surface area contributed by atoms with Crippen molar-refractivity contribution in [1.29, 1.82) is 0 Å². The van der Waals surface area contributed by atoms with Gasteiger partial charge < -0.3 is 15.1 Å². The molecule has 2 unspecified atom stereocenters. The molecule has 2 N–H and O–H groups in total. The van der Waals surface area contributed by atoms with E-state index in [1.807, 2.05) is 45.9 Å². The van der Waals surface area contributed by atoms with Gasteiger partial charge in [0.25, 0.3) is 0 Å². The van der Waals surface area contributed by atoms with Gasteiger partial charge in [0.2, 0.25) is 0 Å². The quantitative estimate of drug-likeness (QED) is 0.532. The van der Waals surface area contributed by atoms with Gasteiger partial charge in [-0.3, -0.25) is 4.99 Å². The summed E-state index contributed by atoms with van der Waals surface area (Å²) in [5.41, 5.74) is 0. The summed E-state index contributed by atoms with van der Waals surface area (Å²) in [6.45, 7) is 8.36. The van der Waals surface area contributed by atoms with Gasteiger partial charge in [-0.15, -0.1) is 0 Å². The molecule has 0 amide bonds. The Morgan fingerprint density at radius 1 is 1.11 bits per heavy atom. The number of benzene rings is 1. The molecule has 27 heavy (non-hydrogen) atoms. The molecule has 0 spiro atoms. The maximum atomic E-state index is 12.7. The molecule has 0 fully saturated rings. The lowest BCUT2D eigenvalue weighted by atomic mass is 10.2. The van der Waals surface area contributed by atoms with E-state index in [1.165, 1.54) is 0 Å². The van der Waals surface area contributed by atoms with E-state index >= 15 is 0 Å². The summed E-state index contributed by atoms with van der Waals surface area (Å²) in [5.74, 6) is 2.24. The van der Waals surface area contributed by atoms with Crippen LogP contribution in [-0.2, 0) is 9.84 Å². The molecule has 1 heterocycles. The van der Waals surface area contributed by atoms with E-state index in [2.05, 4.69) is 15.6 Å². The molecule has 2 rings (SSSR count). The second kappa shape index (κ2) is 9.60. The number of hydrogen-bond donors (Lipinski definition) is 2. The van der Waals surface area contributed by atoms with Gasteiger partial charge in [0.1, 0.15) is 11.5 Å². The first kappa shape index (κ1) is 21.0. The molecule has 0 saturated carbocycles. The molecular formula is C20H29N3O3S. The highest BCUT2D eigenvalue weighted by Gasteiger charge is 2.22. The van der Waals surface area contributed by atoms with E-state index in [4.69, 9.17) is 4.42 Å². The third kappa shape index (κ3) is 6.13. The Labute approximate surface area is 162 Å². The van der Waals surface area contributed by atoms with Gasteiger partial charge >= 0.3 is 0 Å². The van der Waals surface area contributed by atoms with Crippen LogP contribution in [0.15, 0.2) is 56.8 Å². The smallest absolute Gasteiger partial charge is 0.192 e. The summed E-state index contributed by atoms with van der Waals surface area (Å²) in [5, 5.41) is 6.54. The first-order valence-corrected chi connectivity index (χ1v) is 10.9. The van der Waals surface area contributed by atoms with Crippen molar-refractivity contribution in [2.75, 3.05) is 12.3 Å². The maximum absolute atomic E-state index is 12.7. The van der Waals surface area contributed by atoms with Gasteiger partial charge in [-0.25, -0.2) is 8.42 Å². The number of furan rings is 1. The predicted molar refractivity (Wildman–Crippen MR) is 109 cm³/mol. The second-order valence-electron chi connectivity index (χ2n) is 6.48. The molecule has 0 saturated heterocycles. The third-order valence-corrected chi connectivity index (χ3v) is 6.05. The van der Waals surface area contributed by atoms with Crippen molar-refractivity contribution >= 4 is 15.8 Å². The zero-order chi connectivity index (χ0) is 19.9.